The van der Waals surface area contributed by atoms with E-state index in [-0.39, 0.29) is 16.9 Å². The lowest BCUT2D eigenvalue weighted by Crippen LogP contribution is -2.61. The molecular weight excluding hydrogens is 288 g/mol. The second kappa shape index (κ2) is 4.11. The maximum Gasteiger partial charge on any atom is 0.142 e. The maximum atomic E-state index is 12.7. The van der Waals surface area contributed by atoms with Crippen molar-refractivity contribution in [1.82, 2.24) is 0 Å². The molecule has 23 heavy (non-hydrogen) atoms. The molecule has 126 valence electrons. The highest BCUT2D eigenvalue weighted by molar-refractivity contribution is 5.92. The van der Waals surface area contributed by atoms with Gasteiger partial charge in [0.1, 0.15) is 5.78 Å². The van der Waals surface area contributed by atoms with E-state index >= 15 is 0 Å². The summed E-state index contributed by atoms with van der Waals surface area (Å²) in [5.41, 5.74) is -1.13. The Bertz CT molecular complexity index is 612. The van der Waals surface area contributed by atoms with Crippen molar-refractivity contribution in [3.63, 3.8) is 0 Å². The first-order valence-corrected chi connectivity index (χ1v) is 9.44. The normalized spacial score (nSPS) is 63.0. The number of fused-ring (bicyclic) bond motifs is 7. The predicted molar refractivity (Wildman–Crippen MR) is 86.5 cm³/mol. The van der Waals surface area contributed by atoms with Crippen LogP contribution in [0, 0.1) is 40.4 Å². The molecular formula is C20H28O3. The summed E-state index contributed by atoms with van der Waals surface area (Å²) in [6.07, 6.45) is 9.15. The summed E-state index contributed by atoms with van der Waals surface area (Å²) in [5.74, 6) is 2.87. The average Bonchev–Trinajstić information content (AvgIpc) is 3.23. The minimum atomic E-state index is -0.870. The fraction of sp³-hybridized carbons (Fsp3) is 0.850. The first kappa shape index (κ1) is 14.7. The third-order valence-electron chi connectivity index (χ3n) is 8.74. The van der Waals surface area contributed by atoms with Crippen LogP contribution in [0.4, 0.5) is 0 Å². The van der Waals surface area contributed by atoms with Gasteiger partial charge in [0, 0.05) is 23.2 Å². The van der Waals surface area contributed by atoms with E-state index in [1.807, 2.05) is 6.08 Å². The number of hydrogen-bond acceptors (Lipinski definition) is 3. The molecule has 4 fully saturated rings. The van der Waals surface area contributed by atoms with E-state index in [1.165, 1.54) is 0 Å². The van der Waals surface area contributed by atoms with Crippen molar-refractivity contribution >= 4 is 5.78 Å². The van der Waals surface area contributed by atoms with E-state index in [0.29, 0.717) is 41.8 Å². The molecule has 0 saturated heterocycles. The van der Waals surface area contributed by atoms with E-state index in [2.05, 4.69) is 19.9 Å². The largest absolute Gasteiger partial charge is 0.393 e. The summed E-state index contributed by atoms with van der Waals surface area (Å²) in [6.45, 7) is 4.45. The number of carbonyl (C=O) groups is 1. The van der Waals surface area contributed by atoms with Crippen molar-refractivity contribution in [2.24, 2.45) is 40.4 Å². The highest BCUT2D eigenvalue weighted by atomic mass is 16.3. The van der Waals surface area contributed by atoms with E-state index in [1.54, 1.807) is 0 Å². The minimum absolute atomic E-state index is 0.112. The topological polar surface area (TPSA) is 57.5 Å². The summed E-state index contributed by atoms with van der Waals surface area (Å²) >= 11 is 0. The van der Waals surface area contributed by atoms with Crippen LogP contribution in [0.1, 0.15) is 52.4 Å². The van der Waals surface area contributed by atoms with Gasteiger partial charge in [-0.15, -0.1) is 0 Å². The molecule has 9 atom stereocenters. The molecule has 5 aliphatic carbocycles. The summed E-state index contributed by atoms with van der Waals surface area (Å²) in [5, 5.41) is 21.3. The number of carbonyl (C=O) groups excluding carboxylic acids is 1. The Morgan fingerprint density at radius 1 is 1.22 bits per heavy atom. The SMILES string of the molecule is C[C@]12CC[C@H]3[C@@H](C=CC4(O)CC(O)CC[C@]34C)[C@@H]1C1CC1C2=O. The number of ketones is 1. The van der Waals surface area contributed by atoms with Crippen molar-refractivity contribution in [3.8, 4) is 0 Å². The zero-order valence-electron chi connectivity index (χ0n) is 14.2. The Balaban J connectivity index is 1.58. The molecule has 0 heterocycles. The fourth-order valence-corrected chi connectivity index (χ4v) is 7.28. The molecule has 4 saturated carbocycles. The highest BCUT2D eigenvalue weighted by Crippen LogP contribution is 2.71. The maximum absolute atomic E-state index is 12.7. The van der Waals surface area contributed by atoms with Gasteiger partial charge in [0.05, 0.1) is 11.7 Å². The summed E-state index contributed by atoms with van der Waals surface area (Å²) < 4.78 is 0. The fourth-order valence-electron chi connectivity index (χ4n) is 7.28. The van der Waals surface area contributed by atoms with Crippen LogP contribution in [-0.2, 0) is 4.79 Å². The van der Waals surface area contributed by atoms with Gasteiger partial charge in [-0.2, -0.15) is 0 Å². The van der Waals surface area contributed by atoms with Crippen LogP contribution < -0.4 is 0 Å². The quantitative estimate of drug-likeness (QED) is 0.676. The van der Waals surface area contributed by atoms with Gasteiger partial charge in [0.15, 0.2) is 0 Å². The molecule has 2 N–H and O–H groups in total. The van der Waals surface area contributed by atoms with Crippen LogP contribution in [-0.4, -0.2) is 27.7 Å². The van der Waals surface area contributed by atoms with Crippen LogP contribution in [0.3, 0.4) is 0 Å². The van der Waals surface area contributed by atoms with E-state index < -0.39 is 5.60 Å². The van der Waals surface area contributed by atoms with Crippen LogP contribution in [0.25, 0.3) is 0 Å². The molecule has 4 unspecified atom stereocenters. The molecule has 0 aromatic rings. The van der Waals surface area contributed by atoms with E-state index in [0.717, 1.165) is 32.1 Å². The van der Waals surface area contributed by atoms with Gasteiger partial charge in [-0.05, 0) is 55.8 Å². The second-order valence-electron chi connectivity index (χ2n) is 9.63. The van der Waals surface area contributed by atoms with Crippen molar-refractivity contribution in [2.75, 3.05) is 0 Å². The lowest BCUT2D eigenvalue weighted by Gasteiger charge is -2.61. The summed E-state index contributed by atoms with van der Waals surface area (Å²) in [6, 6.07) is 0. The van der Waals surface area contributed by atoms with Gasteiger partial charge in [-0.25, -0.2) is 0 Å². The molecule has 3 heteroatoms. The Labute approximate surface area is 138 Å². The summed E-state index contributed by atoms with van der Waals surface area (Å²) in [7, 11) is 0. The molecule has 5 rings (SSSR count). The molecule has 0 spiro atoms. The molecule has 0 aromatic carbocycles. The van der Waals surface area contributed by atoms with Crippen LogP contribution in [0.5, 0.6) is 0 Å². The molecule has 5 aliphatic rings. The molecule has 0 aliphatic heterocycles. The van der Waals surface area contributed by atoms with E-state index in [9.17, 15) is 15.0 Å². The molecule has 0 aromatic heterocycles. The smallest absolute Gasteiger partial charge is 0.142 e. The first-order chi connectivity index (χ1) is 10.8. The van der Waals surface area contributed by atoms with Crippen LogP contribution >= 0.6 is 0 Å². The van der Waals surface area contributed by atoms with Gasteiger partial charge in [-0.1, -0.05) is 26.0 Å². The van der Waals surface area contributed by atoms with Crippen LogP contribution in [0.2, 0.25) is 0 Å². The zero-order valence-corrected chi connectivity index (χ0v) is 14.2. The van der Waals surface area contributed by atoms with Crippen molar-refractivity contribution in [1.29, 1.82) is 0 Å². The van der Waals surface area contributed by atoms with Gasteiger partial charge in [0.25, 0.3) is 0 Å². The van der Waals surface area contributed by atoms with Crippen molar-refractivity contribution < 1.29 is 15.0 Å². The third-order valence-corrected chi connectivity index (χ3v) is 8.74. The number of allylic oxidation sites excluding steroid dienone is 1. The Morgan fingerprint density at radius 2 is 2.00 bits per heavy atom. The Kier molecular flexibility index (Phi) is 2.62. The van der Waals surface area contributed by atoms with Gasteiger partial charge < -0.3 is 10.2 Å². The van der Waals surface area contributed by atoms with Crippen LogP contribution in [0.15, 0.2) is 12.2 Å². The third kappa shape index (κ3) is 1.57. The van der Waals surface area contributed by atoms with Gasteiger partial charge in [-0.3, -0.25) is 4.79 Å². The molecule has 3 nitrogen and oxygen atoms in total. The van der Waals surface area contributed by atoms with Crippen molar-refractivity contribution in [2.45, 2.75) is 64.1 Å². The summed E-state index contributed by atoms with van der Waals surface area (Å²) in [4.78, 5) is 12.7. The van der Waals surface area contributed by atoms with Gasteiger partial charge in [0.2, 0.25) is 0 Å². The predicted octanol–water partition coefficient (Wildman–Crippen LogP) is 2.71. The number of aliphatic hydroxyl groups is 2. The lowest BCUT2D eigenvalue weighted by molar-refractivity contribution is -0.169. The molecule has 0 bridgehead atoms. The second-order valence-corrected chi connectivity index (χ2v) is 9.63. The highest BCUT2D eigenvalue weighted by Gasteiger charge is 2.71. The number of hydrogen-bond donors (Lipinski definition) is 2. The number of rotatable bonds is 0. The lowest BCUT2D eigenvalue weighted by atomic mass is 9.45. The van der Waals surface area contributed by atoms with Crippen molar-refractivity contribution in [3.05, 3.63) is 12.2 Å². The van der Waals surface area contributed by atoms with E-state index in [4.69, 9.17) is 0 Å². The Hall–Kier alpha value is -0.670. The zero-order chi connectivity index (χ0) is 16.2. The molecule has 0 radical (unpaired) electrons. The standard InChI is InChI=1S/C20H28O3/c1-18-6-5-15-12(16(18)13-9-14(13)17(18)22)4-8-20(23)10-11(21)3-7-19(15,20)2/h4,8,11-16,21,23H,3,5-7,9-10H2,1-2H3/t11?,12-,13?,14?,15+,16-,18+,19-,20?/m1/s1. The first-order valence-electron chi connectivity index (χ1n) is 9.44. The average molecular weight is 316 g/mol. The monoisotopic (exact) mass is 316 g/mol. The Morgan fingerprint density at radius 3 is 2.78 bits per heavy atom. The molecule has 0 amide bonds. The number of Topliss-reactive ketones (excluding diaryl/α,β-unsaturated/α-hetero) is 1. The van der Waals surface area contributed by atoms with Gasteiger partial charge >= 0.3 is 0 Å². The number of aliphatic hydroxyl groups excluding tert-OH is 1. The minimum Gasteiger partial charge on any atom is -0.393 e.